The van der Waals surface area contributed by atoms with Crippen LogP contribution in [0.25, 0.3) is 0 Å². The third-order valence-corrected chi connectivity index (χ3v) is 6.36. The summed E-state index contributed by atoms with van der Waals surface area (Å²) in [5.41, 5.74) is 5.88. The molecule has 1 aliphatic heterocycles. The van der Waals surface area contributed by atoms with Gasteiger partial charge in [0.25, 0.3) is 5.91 Å². The van der Waals surface area contributed by atoms with Gasteiger partial charge in [0.2, 0.25) is 10.0 Å². The molecule has 0 saturated carbocycles. The Labute approximate surface area is 158 Å². The minimum Gasteiger partial charge on any atom is -0.378 e. The molecule has 11 heteroatoms. The maximum atomic E-state index is 12.4. The van der Waals surface area contributed by atoms with E-state index in [4.69, 9.17) is 10.5 Å². The number of hydrogen-bond acceptors (Lipinski definition) is 7. The molecule has 8 nitrogen and oxygen atoms in total. The molecule has 1 amide bonds. The van der Waals surface area contributed by atoms with Crippen molar-refractivity contribution in [1.82, 2.24) is 14.2 Å². The lowest BCUT2D eigenvalue weighted by Crippen LogP contribution is -2.51. The number of aromatic nitrogens is 1. The minimum absolute atomic E-state index is 0. The summed E-state index contributed by atoms with van der Waals surface area (Å²) in [5, 5.41) is 2.40. The van der Waals surface area contributed by atoms with Gasteiger partial charge in [-0.15, -0.1) is 23.7 Å². The Balaban J connectivity index is 0.00000312. The van der Waals surface area contributed by atoms with E-state index < -0.39 is 10.0 Å². The van der Waals surface area contributed by atoms with E-state index >= 15 is 0 Å². The Morgan fingerprint density at radius 3 is 2.52 bits per heavy atom. The normalized spacial score (nSPS) is 16.1. The zero-order valence-electron chi connectivity index (χ0n) is 14.4. The third kappa shape index (κ3) is 6.15. The Hall–Kier alpha value is -0.780. The van der Waals surface area contributed by atoms with E-state index in [2.05, 4.69) is 4.98 Å². The van der Waals surface area contributed by atoms with E-state index in [9.17, 15) is 13.2 Å². The largest absolute Gasteiger partial charge is 0.378 e. The molecule has 1 fully saturated rings. The number of hydrogen-bond donors (Lipinski definition) is 1. The third-order valence-electron chi connectivity index (χ3n) is 3.66. The molecule has 0 aromatic carbocycles. The number of piperazine rings is 1. The Bertz CT molecular complexity index is 658. The van der Waals surface area contributed by atoms with Crippen molar-refractivity contribution in [2.75, 3.05) is 38.5 Å². The van der Waals surface area contributed by atoms with Crippen molar-refractivity contribution in [2.24, 2.45) is 5.73 Å². The van der Waals surface area contributed by atoms with E-state index in [1.807, 2.05) is 13.8 Å². The van der Waals surface area contributed by atoms with E-state index in [0.717, 1.165) is 0 Å². The van der Waals surface area contributed by atoms with Crippen LogP contribution in [0.2, 0.25) is 0 Å². The van der Waals surface area contributed by atoms with Crippen LogP contribution in [0, 0.1) is 0 Å². The number of carbonyl (C=O) groups is 1. The molecule has 0 unspecified atom stereocenters. The SMILES string of the molecule is CC(C)OCCS(=O)(=O)N1CCN(C(=O)c2csc(CN)n2)CC1.Cl. The molecule has 144 valence electrons. The first-order valence-corrected chi connectivity index (χ1v) is 10.4. The number of rotatable bonds is 7. The van der Waals surface area contributed by atoms with Crippen molar-refractivity contribution in [3.8, 4) is 0 Å². The van der Waals surface area contributed by atoms with Crippen molar-refractivity contribution in [2.45, 2.75) is 26.5 Å². The van der Waals surface area contributed by atoms with Gasteiger partial charge in [0.05, 0.1) is 18.5 Å². The van der Waals surface area contributed by atoms with Gasteiger partial charge in [-0.05, 0) is 13.8 Å². The van der Waals surface area contributed by atoms with Gasteiger partial charge < -0.3 is 15.4 Å². The number of halogens is 1. The van der Waals surface area contributed by atoms with Crippen LogP contribution in [0.3, 0.4) is 0 Å². The Morgan fingerprint density at radius 1 is 1.36 bits per heavy atom. The lowest BCUT2D eigenvalue weighted by atomic mass is 10.3. The number of nitrogens with zero attached hydrogens (tertiary/aromatic N) is 3. The molecule has 0 bridgehead atoms. The van der Waals surface area contributed by atoms with Gasteiger partial charge in [-0.2, -0.15) is 4.31 Å². The van der Waals surface area contributed by atoms with Crippen molar-refractivity contribution in [1.29, 1.82) is 0 Å². The molecule has 0 radical (unpaired) electrons. The molecule has 1 aromatic rings. The summed E-state index contributed by atoms with van der Waals surface area (Å²) >= 11 is 1.35. The lowest BCUT2D eigenvalue weighted by Gasteiger charge is -2.33. The maximum Gasteiger partial charge on any atom is 0.273 e. The fourth-order valence-electron chi connectivity index (χ4n) is 2.35. The highest BCUT2D eigenvalue weighted by Crippen LogP contribution is 2.14. The lowest BCUT2D eigenvalue weighted by molar-refractivity contribution is 0.0688. The average Bonchev–Trinajstić information content (AvgIpc) is 3.03. The van der Waals surface area contributed by atoms with Crippen LogP contribution in [-0.4, -0.2) is 73.2 Å². The summed E-state index contributed by atoms with van der Waals surface area (Å²) in [4.78, 5) is 18.2. The van der Waals surface area contributed by atoms with Crippen molar-refractivity contribution < 1.29 is 17.9 Å². The van der Waals surface area contributed by atoms with Gasteiger partial charge in [-0.3, -0.25) is 4.79 Å². The fraction of sp³-hybridized carbons (Fsp3) is 0.714. The second-order valence-corrected chi connectivity index (χ2v) is 8.79. The first-order chi connectivity index (χ1) is 11.3. The molecule has 2 rings (SSSR count). The van der Waals surface area contributed by atoms with Gasteiger partial charge in [0, 0.05) is 38.1 Å². The van der Waals surface area contributed by atoms with Crippen LogP contribution in [-0.2, 0) is 21.3 Å². The predicted molar refractivity (Wildman–Crippen MR) is 99.6 cm³/mol. The molecule has 2 N–H and O–H groups in total. The first kappa shape index (κ1) is 22.3. The Morgan fingerprint density at radius 2 is 2.00 bits per heavy atom. The first-order valence-electron chi connectivity index (χ1n) is 7.86. The quantitative estimate of drug-likeness (QED) is 0.700. The van der Waals surface area contributed by atoms with Crippen LogP contribution in [0.5, 0.6) is 0 Å². The summed E-state index contributed by atoms with van der Waals surface area (Å²) in [6.07, 6.45) is 0.00573. The second-order valence-electron chi connectivity index (χ2n) is 5.76. The van der Waals surface area contributed by atoms with Gasteiger partial charge in [0.15, 0.2) is 0 Å². The topological polar surface area (TPSA) is 106 Å². The molecule has 1 aromatic heterocycles. The van der Waals surface area contributed by atoms with E-state index in [0.29, 0.717) is 43.4 Å². The highest BCUT2D eigenvalue weighted by Gasteiger charge is 2.29. The van der Waals surface area contributed by atoms with Crippen molar-refractivity contribution in [3.05, 3.63) is 16.1 Å². The zero-order valence-corrected chi connectivity index (χ0v) is 16.8. The number of nitrogens with two attached hydrogens (primary N) is 1. The molecule has 1 aliphatic rings. The summed E-state index contributed by atoms with van der Waals surface area (Å²) in [6.45, 7) is 5.53. The molecule has 0 atom stereocenters. The molecule has 0 aliphatic carbocycles. The van der Waals surface area contributed by atoms with Crippen LogP contribution >= 0.6 is 23.7 Å². The number of carbonyl (C=O) groups excluding carboxylic acids is 1. The molecule has 2 heterocycles. The molecule has 0 spiro atoms. The van der Waals surface area contributed by atoms with Gasteiger partial charge in [-0.1, -0.05) is 0 Å². The zero-order chi connectivity index (χ0) is 17.7. The van der Waals surface area contributed by atoms with Crippen LogP contribution in [0.15, 0.2) is 5.38 Å². The number of thiazole rings is 1. The molecule has 25 heavy (non-hydrogen) atoms. The van der Waals surface area contributed by atoms with Crippen molar-refractivity contribution in [3.63, 3.8) is 0 Å². The Kier molecular flexibility index (Phi) is 8.72. The predicted octanol–water partition coefficient (Wildman–Crippen LogP) is 0.536. The summed E-state index contributed by atoms with van der Waals surface area (Å²) < 4.78 is 31.3. The molecule has 1 saturated heterocycles. The van der Waals surface area contributed by atoms with Crippen LogP contribution in [0.4, 0.5) is 0 Å². The minimum atomic E-state index is -3.35. The average molecular weight is 413 g/mol. The highest BCUT2D eigenvalue weighted by molar-refractivity contribution is 7.89. The summed E-state index contributed by atoms with van der Waals surface area (Å²) in [7, 11) is -3.35. The molecular formula is C14H25ClN4O4S2. The number of amides is 1. The van der Waals surface area contributed by atoms with E-state index in [1.165, 1.54) is 15.6 Å². The maximum absolute atomic E-state index is 12.4. The van der Waals surface area contributed by atoms with Crippen LogP contribution < -0.4 is 5.73 Å². The van der Waals surface area contributed by atoms with Gasteiger partial charge in [0.1, 0.15) is 10.7 Å². The van der Waals surface area contributed by atoms with E-state index in [-0.39, 0.29) is 36.8 Å². The van der Waals surface area contributed by atoms with Gasteiger partial charge in [-0.25, -0.2) is 13.4 Å². The van der Waals surface area contributed by atoms with Gasteiger partial charge >= 0.3 is 0 Å². The van der Waals surface area contributed by atoms with E-state index in [1.54, 1.807) is 10.3 Å². The second kappa shape index (κ2) is 9.79. The van der Waals surface area contributed by atoms with Crippen LogP contribution in [0.1, 0.15) is 29.3 Å². The highest BCUT2D eigenvalue weighted by atomic mass is 35.5. The number of sulfonamides is 1. The fourth-order valence-corrected chi connectivity index (χ4v) is 4.29. The summed E-state index contributed by atoms with van der Waals surface area (Å²) in [5.74, 6) is -0.212. The number of ether oxygens (including phenoxy) is 1. The smallest absolute Gasteiger partial charge is 0.273 e. The monoisotopic (exact) mass is 412 g/mol. The summed E-state index contributed by atoms with van der Waals surface area (Å²) in [6, 6.07) is 0. The standard InChI is InChI=1S/C14H24N4O4S2.ClH/c1-11(2)22-7-8-24(20,21)18-5-3-17(4-6-18)14(19)12-10-23-13(9-15)16-12;/h10-11H,3-9,15H2,1-2H3;1H. The van der Waals surface area contributed by atoms with Crippen molar-refractivity contribution >= 4 is 39.7 Å². The molecular weight excluding hydrogens is 388 g/mol.